The zero-order valence-corrected chi connectivity index (χ0v) is 21.7. The van der Waals surface area contributed by atoms with Crippen LogP contribution >= 0.6 is 0 Å². The van der Waals surface area contributed by atoms with Gasteiger partial charge in [-0.3, -0.25) is 9.69 Å². The molecule has 0 aliphatic carbocycles. The average molecular weight is 511 g/mol. The fourth-order valence-electron chi connectivity index (χ4n) is 6.58. The van der Waals surface area contributed by atoms with Gasteiger partial charge >= 0.3 is 0 Å². The third kappa shape index (κ3) is 2.85. The van der Waals surface area contributed by atoms with Crippen LogP contribution in [0.1, 0.15) is 45.5 Å². The first-order valence-corrected chi connectivity index (χ1v) is 12.1. The van der Waals surface area contributed by atoms with Crippen molar-refractivity contribution in [1.29, 1.82) is 0 Å². The van der Waals surface area contributed by atoms with Crippen LogP contribution in [0.4, 0.5) is 0 Å². The second-order valence-corrected chi connectivity index (χ2v) is 9.75. The minimum Gasteiger partial charge on any atom is -0.507 e. The Morgan fingerprint density at radius 2 is 1.68 bits per heavy atom. The minimum absolute atomic E-state index is 0.00619. The fourth-order valence-corrected chi connectivity index (χ4v) is 6.58. The van der Waals surface area contributed by atoms with Gasteiger partial charge < -0.3 is 38.8 Å². The number of benzene rings is 2. The summed E-state index contributed by atoms with van der Waals surface area (Å²) in [6.45, 7) is 3.31. The van der Waals surface area contributed by atoms with E-state index in [1.165, 1.54) is 0 Å². The molecule has 2 bridgehead atoms. The summed E-state index contributed by atoms with van der Waals surface area (Å²) in [4.78, 5) is 17.7. The molecular weight excluding hydrogens is 480 g/mol. The third-order valence-corrected chi connectivity index (χ3v) is 8.20. The van der Waals surface area contributed by atoms with Crippen molar-refractivity contribution in [2.24, 2.45) is 0 Å². The molecule has 1 fully saturated rings. The summed E-state index contributed by atoms with van der Waals surface area (Å²) in [5.41, 5.74) is 4.73. The molecule has 1 saturated heterocycles. The van der Waals surface area contributed by atoms with Gasteiger partial charge in [0.1, 0.15) is 11.5 Å². The molecule has 3 atom stereocenters. The minimum atomic E-state index is -0.759. The standard InChI is InChI=1S/C27H30N2O8/c1-11-21(31)13-7-15-20-19-14(22(33-4)12(2)23(34-5)25(19)35-6)8-16(28(20)3)27(32)29(15)17(9-30)18(13)26-24(11)36-10-37-26/h7,16-17,20,30-31H,8-10H2,1-6H3/t16-,17-,20+/m0/s1. The van der Waals surface area contributed by atoms with Crippen molar-refractivity contribution in [1.82, 2.24) is 9.80 Å². The number of aromatic hydroxyl groups is 1. The number of methoxy groups -OCH3 is 3. The Balaban J connectivity index is 1.69. The van der Waals surface area contributed by atoms with E-state index in [-0.39, 0.29) is 25.1 Å². The fraction of sp³-hybridized carbons (Fsp3) is 0.444. The number of aliphatic hydroxyl groups excluding tert-OH is 1. The molecule has 0 radical (unpaired) electrons. The molecule has 0 spiro atoms. The van der Waals surface area contributed by atoms with E-state index in [1.54, 1.807) is 33.2 Å². The van der Waals surface area contributed by atoms with Gasteiger partial charge in [0.25, 0.3) is 0 Å². The van der Waals surface area contributed by atoms with Gasteiger partial charge in [-0.25, -0.2) is 0 Å². The molecule has 2 aromatic carbocycles. The molecule has 196 valence electrons. The molecule has 2 N–H and O–H groups in total. The number of fused-ring (bicyclic) bond motifs is 9. The molecule has 0 aromatic heterocycles. The van der Waals surface area contributed by atoms with E-state index < -0.39 is 18.1 Å². The number of ether oxygens (including phenoxy) is 5. The first-order valence-electron chi connectivity index (χ1n) is 12.1. The van der Waals surface area contributed by atoms with Crippen LogP contribution in [-0.4, -0.2) is 73.7 Å². The number of hydrogen-bond donors (Lipinski definition) is 2. The number of carbonyl (C=O) groups excluding carboxylic acids is 1. The first-order chi connectivity index (χ1) is 17.8. The average Bonchev–Trinajstić information content (AvgIpc) is 3.38. The van der Waals surface area contributed by atoms with Crippen molar-refractivity contribution in [2.45, 2.75) is 38.4 Å². The molecule has 2 aromatic rings. The number of hydrogen-bond acceptors (Lipinski definition) is 9. The van der Waals surface area contributed by atoms with Crippen LogP contribution in [0, 0.1) is 13.8 Å². The third-order valence-electron chi connectivity index (χ3n) is 8.20. The van der Waals surface area contributed by atoms with Gasteiger partial charge in [-0.2, -0.15) is 0 Å². The van der Waals surface area contributed by atoms with Crippen molar-refractivity contribution in [3.8, 4) is 34.5 Å². The number of phenols is 1. The highest BCUT2D eigenvalue weighted by atomic mass is 16.7. The number of rotatable bonds is 4. The maximum absolute atomic E-state index is 14.1. The molecule has 0 unspecified atom stereocenters. The predicted octanol–water partition coefficient (Wildman–Crippen LogP) is 2.59. The monoisotopic (exact) mass is 510 g/mol. The number of piperazine rings is 1. The first kappa shape index (κ1) is 23.7. The second kappa shape index (κ2) is 8.19. The Labute approximate surface area is 214 Å². The van der Waals surface area contributed by atoms with Gasteiger partial charge in [0.2, 0.25) is 12.7 Å². The Hall–Kier alpha value is -3.63. The maximum Gasteiger partial charge on any atom is 0.245 e. The van der Waals surface area contributed by atoms with E-state index >= 15 is 0 Å². The van der Waals surface area contributed by atoms with Gasteiger partial charge in [-0.15, -0.1) is 0 Å². The smallest absolute Gasteiger partial charge is 0.245 e. The van der Waals surface area contributed by atoms with Crippen LogP contribution < -0.4 is 23.7 Å². The lowest BCUT2D eigenvalue weighted by molar-refractivity contribution is -0.144. The second-order valence-electron chi connectivity index (χ2n) is 9.75. The number of likely N-dealkylation sites (N-methyl/N-ethyl adjacent to an activating group) is 1. The zero-order chi connectivity index (χ0) is 26.3. The number of aliphatic hydroxyl groups is 1. The van der Waals surface area contributed by atoms with E-state index in [4.69, 9.17) is 23.7 Å². The van der Waals surface area contributed by atoms with Crippen LogP contribution in [0.5, 0.6) is 34.5 Å². The Morgan fingerprint density at radius 3 is 2.32 bits per heavy atom. The molecule has 0 saturated carbocycles. The largest absolute Gasteiger partial charge is 0.507 e. The van der Waals surface area contributed by atoms with Gasteiger partial charge in [-0.1, -0.05) is 0 Å². The topological polar surface area (TPSA) is 110 Å². The molecule has 37 heavy (non-hydrogen) atoms. The zero-order valence-electron chi connectivity index (χ0n) is 21.7. The lowest BCUT2D eigenvalue weighted by Gasteiger charge is -2.53. The van der Waals surface area contributed by atoms with Crippen LogP contribution in [0.3, 0.4) is 0 Å². The van der Waals surface area contributed by atoms with E-state index in [1.807, 2.05) is 24.9 Å². The normalized spacial score (nSPS) is 23.2. The van der Waals surface area contributed by atoms with Crippen LogP contribution in [0.25, 0.3) is 6.08 Å². The predicted molar refractivity (Wildman–Crippen MR) is 132 cm³/mol. The van der Waals surface area contributed by atoms with Crippen LogP contribution in [0.15, 0.2) is 5.70 Å². The summed E-state index contributed by atoms with van der Waals surface area (Å²) in [7, 11) is 6.70. The SMILES string of the molecule is COc1c(C)c(OC)c(OC)c2c1C[C@H]1C(=O)N3C(=Cc4c(O)c(C)c5c(c4[C@@H]3CO)OCO5)[C@H]2N1C. The Bertz CT molecular complexity index is 1380. The van der Waals surface area contributed by atoms with Crippen molar-refractivity contribution in [3.05, 3.63) is 39.1 Å². The summed E-state index contributed by atoms with van der Waals surface area (Å²) in [6.07, 6.45) is 2.21. The number of amides is 1. The summed E-state index contributed by atoms with van der Waals surface area (Å²) in [6, 6.07) is -1.69. The van der Waals surface area contributed by atoms with E-state index in [0.29, 0.717) is 57.6 Å². The molecule has 4 heterocycles. The number of phenolic OH excluding ortho intramolecular Hbond substituents is 1. The summed E-state index contributed by atoms with van der Waals surface area (Å²) < 4.78 is 28.9. The molecule has 4 aliphatic rings. The number of carbonyl (C=O) groups is 1. The molecule has 10 heteroatoms. The highest BCUT2D eigenvalue weighted by Crippen LogP contribution is 2.59. The highest BCUT2D eigenvalue weighted by molar-refractivity contribution is 5.91. The van der Waals surface area contributed by atoms with Crippen molar-refractivity contribution < 1.29 is 38.7 Å². The number of nitrogens with zero attached hydrogens (tertiary/aromatic N) is 2. The Kier molecular flexibility index (Phi) is 5.26. The van der Waals surface area contributed by atoms with Crippen LogP contribution in [-0.2, 0) is 11.2 Å². The van der Waals surface area contributed by atoms with Gasteiger partial charge in [0, 0.05) is 45.5 Å². The van der Waals surface area contributed by atoms with E-state index in [0.717, 1.165) is 16.7 Å². The molecule has 1 amide bonds. The molecular formula is C27H30N2O8. The van der Waals surface area contributed by atoms with Crippen LogP contribution in [0.2, 0.25) is 0 Å². The lowest BCUT2D eigenvalue weighted by atomic mass is 9.77. The van der Waals surface area contributed by atoms with Gasteiger partial charge in [0.15, 0.2) is 23.0 Å². The quantitative estimate of drug-likeness (QED) is 0.641. The van der Waals surface area contributed by atoms with E-state index in [2.05, 4.69) is 0 Å². The van der Waals surface area contributed by atoms with Crippen molar-refractivity contribution >= 4 is 12.0 Å². The lowest BCUT2D eigenvalue weighted by Crippen LogP contribution is -2.60. The van der Waals surface area contributed by atoms with Gasteiger partial charge in [-0.05, 0) is 27.0 Å². The summed E-state index contributed by atoms with van der Waals surface area (Å²) in [5, 5.41) is 21.9. The molecule has 6 rings (SSSR count). The highest BCUT2D eigenvalue weighted by Gasteiger charge is 2.53. The summed E-state index contributed by atoms with van der Waals surface area (Å²) >= 11 is 0. The molecule has 4 aliphatic heterocycles. The Morgan fingerprint density at radius 1 is 1.00 bits per heavy atom. The maximum atomic E-state index is 14.1. The molecule has 10 nitrogen and oxygen atoms in total. The van der Waals surface area contributed by atoms with Crippen molar-refractivity contribution in [3.63, 3.8) is 0 Å². The van der Waals surface area contributed by atoms with Crippen molar-refractivity contribution in [2.75, 3.05) is 41.8 Å². The summed E-state index contributed by atoms with van der Waals surface area (Å²) in [5.74, 6) is 2.56. The van der Waals surface area contributed by atoms with E-state index in [9.17, 15) is 15.0 Å². The van der Waals surface area contributed by atoms with Gasteiger partial charge in [0.05, 0.1) is 46.1 Å².